The largest absolute Gasteiger partial charge is 0.147 e. The molecule has 0 atom stereocenters. The summed E-state index contributed by atoms with van der Waals surface area (Å²) < 4.78 is 21.1. The van der Waals surface area contributed by atoms with E-state index < -0.39 is 6.60 Å². The van der Waals surface area contributed by atoms with Crippen molar-refractivity contribution in [1.29, 1.82) is 0 Å². The predicted molar refractivity (Wildman–Crippen MR) is 151 cm³/mol. The molecular formula is C31H27ClFOP. The summed E-state index contributed by atoms with van der Waals surface area (Å²) in [6.45, 7) is -0.891. The van der Waals surface area contributed by atoms with Crippen LogP contribution < -0.4 is 26.0 Å². The second-order valence-electron chi connectivity index (χ2n) is 8.60. The summed E-state index contributed by atoms with van der Waals surface area (Å²) in [4.78, 5) is 0. The van der Waals surface area contributed by atoms with Crippen LogP contribution in [0.2, 0.25) is 0 Å². The van der Waals surface area contributed by atoms with Gasteiger partial charge in [0.15, 0.2) is 0 Å². The molecule has 0 fully saturated rings. The van der Waals surface area contributed by atoms with E-state index in [1.807, 2.05) is 60.7 Å². The summed E-state index contributed by atoms with van der Waals surface area (Å²) in [7, 11) is 0. The fourth-order valence-corrected chi connectivity index (χ4v) is 10.3. The smallest absolute Gasteiger partial charge is 0.147 e. The van der Waals surface area contributed by atoms with E-state index in [0.717, 1.165) is 5.30 Å². The van der Waals surface area contributed by atoms with Crippen LogP contribution in [0, 0.1) is 5.82 Å². The molecule has 0 N–H and O–H groups in total. The third-order valence-electron chi connectivity index (χ3n) is 6.74. The summed E-state index contributed by atoms with van der Waals surface area (Å²) in [5.41, 5.74) is 0. The van der Waals surface area contributed by atoms with Gasteiger partial charge < -0.3 is 0 Å². The molecule has 0 aromatic heterocycles. The molecule has 5 rings (SSSR count). The number of para-hydroxylation sites is 1. The normalized spacial score (nSPS) is 12.1. The maximum absolute atomic E-state index is 15.1. The monoisotopic (exact) mass is 500 g/mol. The zero-order valence-corrected chi connectivity index (χ0v) is 21.1. The van der Waals surface area contributed by atoms with Gasteiger partial charge in [0.1, 0.15) is 0 Å². The van der Waals surface area contributed by atoms with Crippen LogP contribution in [0.25, 0.3) is 0 Å². The average molecular weight is 501 g/mol. The molecule has 0 aliphatic rings. The van der Waals surface area contributed by atoms with Crippen LogP contribution in [0.4, 0.5) is 4.39 Å². The van der Waals surface area contributed by atoms with Crippen LogP contribution >= 0.6 is 19.0 Å². The molecule has 0 saturated heterocycles. The van der Waals surface area contributed by atoms with E-state index in [4.69, 9.17) is 4.74 Å². The number of halogens is 2. The first-order valence-corrected chi connectivity index (χ1v) is 14.0. The molecule has 0 unspecified atom stereocenters. The first kappa shape index (κ1) is 24.7. The minimum atomic E-state index is -3.24. The van der Waals surface area contributed by atoms with E-state index in [1.54, 1.807) is 0 Å². The van der Waals surface area contributed by atoms with E-state index in [1.165, 1.54) is 22.0 Å². The van der Waals surface area contributed by atoms with Crippen molar-refractivity contribution in [2.24, 2.45) is 0 Å². The van der Waals surface area contributed by atoms with E-state index in [9.17, 15) is 0 Å². The number of hydrogen-bond donors (Lipinski definition) is 0. The second kappa shape index (κ2) is 10.0. The maximum Gasteiger partial charge on any atom is -0.147 e. The minimum Gasteiger partial charge on any atom is -0.147 e. The zero-order chi connectivity index (χ0) is 23.5. The van der Waals surface area contributed by atoms with Crippen LogP contribution in [-0.4, -0.2) is 6.66 Å². The molecule has 0 amide bonds. The van der Waals surface area contributed by atoms with Crippen molar-refractivity contribution in [1.82, 2.24) is 0 Å². The molecular weight excluding hydrogens is 474 g/mol. The molecule has 4 heteroatoms. The van der Waals surface area contributed by atoms with Crippen molar-refractivity contribution in [3.63, 3.8) is 0 Å². The molecule has 0 bridgehead atoms. The van der Waals surface area contributed by atoms with E-state index in [-0.39, 0.29) is 24.0 Å². The summed E-state index contributed by atoms with van der Waals surface area (Å²) in [6.07, 6.45) is 0. The number of ether oxygens (including phenoxy) is 1. The van der Waals surface area contributed by atoms with Gasteiger partial charge in [0.05, 0.1) is 0 Å². The van der Waals surface area contributed by atoms with Crippen LogP contribution in [0.15, 0.2) is 140 Å². The van der Waals surface area contributed by atoms with Gasteiger partial charge in [-0.2, -0.15) is 0 Å². The molecule has 0 radical (unpaired) electrons. The van der Waals surface area contributed by atoms with Gasteiger partial charge in [-0.15, -0.1) is 12.4 Å². The van der Waals surface area contributed by atoms with Crippen molar-refractivity contribution < 1.29 is 9.13 Å². The van der Waals surface area contributed by atoms with Crippen LogP contribution in [0.5, 0.6) is 11.5 Å². The standard InChI is InChI=1S/C31H26FOP.ClH/c1-34(26-16-8-3-9-17-26,27-18-10-4-11-19-27,28-20-12-5-13-21-28)29-22-23-30(32)31(24-29)33-25-14-6-2-7-15-25;/h2-24H,1H3;1H. The van der Waals surface area contributed by atoms with Gasteiger partial charge in [0, 0.05) is 0 Å². The third-order valence-corrected chi connectivity index (χ3v) is 13.1. The first-order valence-electron chi connectivity index (χ1n) is 11.3. The van der Waals surface area contributed by atoms with Crippen molar-refractivity contribution >= 4 is 40.2 Å². The molecule has 0 spiro atoms. The fourth-order valence-electron chi connectivity index (χ4n) is 4.83. The molecule has 0 saturated carbocycles. The van der Waals surface area contributed by atoms with Crippen molar-refractivity contribution in [2.45, 2.75) is 0 Å². The Hall–Kier alpha value is -3.45. The summed E-state index contributed by atoms with van der Waals surface area (Å²) in [5, 5.41) is 4.68. The fraction of sp³-hybridized carbons (Fsp3) is 0.0323. The van der Waals surface area contributed by atoms with Crippen LogP contribution in [0.1, 0.15) is 0 Å². The Kier molecular flexibility index (Phi) is 7.08. The van der Waals surface area contributed by atoms with Crippen LogP contribution in [0.3, 0.4) is 0 Å². The number of benzene rings is 5. The van der Waals surface area contributed by atoms with Gasteiger partial charge in [-0.3, -0.25) is 0 Å². The maximum atomic E-state index is 15.1. The van der Waals surface area contributed by atoms with E-state index >= 15 is 4.39 Å². The predicted octanol–water partition coefficient (Wildman–Crippen LogP) is 6.82. The SMILES string of the molecule is CP(c1ccccc1)(c1ccccc1)(c1ccccc1)c1ccc(F)c(Oc2ccccc2)c1.Cl. The van der Waals surface area contributed by atoms with Gasteiger partial charge in [-0.25, -0.2) is 0 Å². The van der Waals surface area contributed by atoms with Crippen LogP contribution in [-0.2, 0) is 0 Å². The second-order valence-corrected chi connectivity index (χ2v) is 13.8. The summed E-state index contributed by atoms with van der Waals surface area (Å²) >= 11 is 0. The first-order chi connectivity index (χ1) is 16.6. The van der Waals surface area contributed by atoms with Gasteiger partial charge in [-0.05, 0) is 0 Å². The number of rotatable bonds is 6. The van der Waals surface area contributed by atoms with Crippen molar-refractivity contribution in [3.8, 4) is 11.5 Å². The Labute approximate surface area is 212 Å². The topological polar surface area (TPSA) is 9.23 Å². The molecule has 0 heterocycles. The van der Waals surface area contributed by atoms with Crippen molar-refractivity contribution in [3.05, 3.63) is 145 Å². The Bertz CT molecular complexity index is 1290. The van der Waals surface area contributed by atoms with Gasteiger partial charge in [0.25, 0.3) is 0 Å². The van der Waals surface area contributed by atoms with Gasteiger partial charge in [-0.1, -0.05) is 0 Å². The molecule has 5 aromatic rings. The molecule has 5 aromatic carbocycles. The van der Waals surface area contributed by atoms with Crippen molar-refractivity contribution in [2.75, 3.05) is 6.66 Å². The number of hydrogen-bond acceptors (Lipinski definition) is 1. The Morgan fingerprint density at radius 2 is 0.914 bits per heavy atom. The Balaban J connectivity index is 0.00000289. The summed E-state index contributed by atoms with van der Waals surface area (Å²) in [6, 6.07) is 46.5. The molecule has 0 aliphatic carbocycles. The van der Waals surface area contributed by atoms with Gasteiger partial charge in [0.2, 0.25) is 0 Å². The summed E-state index contributed by atoms with van der Waals surface area (Å²) in [5.74, 6) is 0.447. The third kappa shape index (κ3) is 4.14. The van der Waals surface area contributed by atoms with E-state index in [0.29, 0.717) is 5.75 Å². The van der Waals surface area contributed by atoms with E-state index in [2.05, 4.69) is 79.5 Å². The quantitative estimate of drug-likeness (QED) is 0.232. The molecule has 35 heavy (non-hydrogen) atoms. The Morgan fingerprint density at radius 1 is 0.514 bits per heavy atom. The van der Waals surface area contributed by atoms with Gasteiger partial charge >= 0.3 is 200 Å². The molecule has 176 valence electrons. The average Bonchev–Trinajstić information content (AvgIpc) is 2.92. The molecule has 1 nitrogen and oxygen atoms in total. The Morgan fingerprint density at radius 3 is 1.34 bits per heavy atom. The zero-order valence-electron chi connectivity index (χ0n) is 19.4. The molecule has 0 aliphatic heterocycles. The minimum absolute atomic E-state index is 0.